The first-order valence-corrected chi connectivity index (χ1v) is 21.8. The summed E-state index contributed by atoms with van der Waals surface area (Å²) in [6.07, 6.45) is 2.90. The molecule has 0 bridgehead atoms. The lowest BCUT2D eigenvalue weighted by Crippen LogP contribution is -2.59. The number of nitrogens with zero attached hydrogens (tertiary/aromatic N) is 4. The monoisotopic (exact) mass is 798 g/mol. The zero-order valence-corrected chi connectivity index (χ0v) is 34.1. The van der Waals surface area contributed by atoms with Crippen LogP contribution in [0, 0.1) is 5.92 Å². The van der Waals surface area contributed by atoms with Crippen LogP contribution in [0.2, 0.25) is 0 Å². The Labute approximate surface area is 330 Å². The lowest BCUT2D eigenvalue weighted by molar-refractivity contribution is -0.160. The molecule has 1 atom stereocenters. The van der Waals surface area contributed by atoms with E-state index in [4.69, 9.17) is 14.5 Å². The molecular formula is C39H54N6O6S3. The number of thiazole rings is 1. The van der Waals surface area contributed by atoms with Gasteiger partial charge in [0.05, 0.1) is 41.6 Å². The fraction of sp³-hybridized carbons (Fsp3) is 0.590. The second kappa shape index (κ2) is 19.3. The van der Waals surface area contributed by atoms with Crippen molar-refractivity contribution in [1.29, 1.82) is 0 Å². The summed E-state index contributed by atoms with van der Waals surface area (Å²) >= 11 is 4.60. The highest BCUT2D eigenvalue weighted by molar-refractivity contribution is 8.14. The van der Waals surface area contributed by atoms with Gasteiger partial charge in [-0.25, -0.2) is 0 Å². The number of aromatic amines is 1. The van der Waals surface area contributed by atoms with Crippen molar-refractivity contribution < 1.29 is 24.2 Å². The van der Waals surface area contributed by atoms with Gasteiger partial charge in [-0.1, -0.05) is 43.4 Å². The number of likely N-dealkylation sites (tertiary alicyclic amines) is 1. The van der Waals surface area contributed by atoms with E-state index in [0.717, 1.165) is 70.6 Å². The second-order valence-electron chi connectivity index (χ2n) is 14.7. The van der Waals surface area contributed by atoms with Crippen LogP contribution in [0.15, 0.2) is 51.1 Å². The van der Waals surface area contributed by atoms with Crippen molar-refractivity contribution in [2.24, 2.45) is 10.9 Å². The van der Waals surface area contributed by atoms with Crippen LogP contribution < -0.4 is 10.2 Å². The zero-order chi connectivity index (χ0) is 38.1. The van der Waals surface area contributed by atoms with Crippen LogP contribution in [-0.4, -0.2) is 137 Å². The van der Waals surface area contributed by atoms with E-state index < -0.39 is 0 Å². The molecule has 4 heterocycles. The van der Waals surface area contributed by atoms with Crippen molar-refractivity contribution in [2.75, 3.05) is 84.2 Å². The number of H-pyrrole nitrogens is 1. The van der Waals surface area contributed by atoms with Crippen molar-refractivity contribution in [1.82, 2.24) is 25.0 Å². The number of benzene rings is 2. The molecule has 3 aliphatic rings. The molecule has 0 saturated carbocycles. The highest BCUT2D eigenvalue weighted by Gasteiger charge is 2.42. The molecule has 1 aromatic heterocycles. The van der Waals surface area contributed by atoms with E-state index >= 15 is 0 Å². The molecule has 12 nitrogen and oxygen atoms in total. The smallest absolute Gasteiger partial charge is 0.305 e. The number of morpholine rings is 1. The number of thioether (sulfide) groups is 2. The number of carbonyl (C=O) groups excluding carboxylic acids is 2. The van der Waals surface area contributed by atoms with Gasteiger partial charge >= 0.3 is 4.87 Å². The summed E-state index contributed by atoms with van der Waals surface area (Å²) in [5.74, 6) is 2.23. The molecule has 1 spiro atoms. The topological polar surface area (TPSA) is 140 Å². The Balaban J connectivity index is 0.824. The average Bonchev–Trinajstić information content (AvgIpc) is 3.83. The van der Waals surface area contributed by atoms with Crippen molar-refractivity contribution >= 4 is 61.9 Å². The third-order valence-corrected chi connectivity index (χ3v) is 13.6. The molecule has 3 N–H and O–H groups in total. The number of aromatic hydroxyl groups is 1. The van der Waals surface area contributed by atoms with E-state index in [2.05, 4.69) is 53.3 Å². The summed E-state index contributed by atoms with van der Waals surface area (Å²) in [6.45, 7) is 11.9. The van der Waals surface area contributed by atoms with Gasteiger partial charge in [-0.05, 0) is 55.1 Å². The number of likely N-dealkylation sites (N-methyl/N-ethyl adjacent to an activating group) is 1. The number of piperidine rings is 1. The minimum atomic E-state index is -0.255. The van der Waals surface area contributed by atoms with Crippen molar-refractivity contribution in [3.05, 3.63) is 57.2 Å². The first kappa shape index (κ1) is 40.7. The van der Waals surface area contributed by atoms with Crippen LogP contribution in [0.1, 0.15) is 44.2 Å². The maximum absolute atomic E-state index is 13.3. The fourth-order valence-corrected chi connectivity index (χ4v) is 9.98. The van der Waals surface area contributed by atoms with E-state index in [1.807, 2.05) is 18.0 Å². The summed E-state index contributed by atoms with van der Waals surface area (Å²) < 4.78 is 13.0. The second-order valence-corrected chi connectivity index (χ2v) is 17.8. The van der Waals surface area contributed by atoms with Crippen molar-refractivity contribution in [3.63, 3.8) is 0 Å². The summed E-state index contributed by atoms with van der Waals surface area (Å²) in [5, 5.41) is 14.4. The number of amides is 2. The standard InChI is InChI=1S/C39H54N6O6S3/c1-27(2)36-41-31(25-53-36)37(48)45-18-20-51-39(26-45)11-15-44(16-12-39)24-28-5-4-6-30(23-28)52-22-21-50-19-10-33(47)43(3)17-14-40-13-9-29-7-8-32(46)34-35(29)54-38(49)42-34/h4-8,23,27,31,40,46H,9-22,24-26H2,1-3H3,(H,42,49). The lowest BCUT2D eigenvalue weighted by atomic mass is 9.89. The molecule has 0 radical (unpaired) electrons. The van der Waals surface area contributed by atoms with Gasteiger partial charge in [0.2, 0.25) is 11.8 Å². The predicted molar refractivity (Wildman–Crippen MR) is 219 cm³/mol. The summed E-state index contributed by atoms with van der Waals surface area (Å²) in [7, 11) is 1.81. The third kappa shape index (κ3) is 10.9. The molecule has 3 aromatic rings. The van der Waals surface area contributed by atoms with Crippen LogP contribution in [0.5, 0.6) is 5.75 Å². The van der Waals surface area contributed by atoms with E-state index in [9.17, 15) is 19.5 Å². The molecule has 15 heteroatoms. The maximum atomic E-state index is 13.3. The Morgan fingerprint density at radius 1 is 1.19 bits per heavy atom. The number of hydrogen-bond acceptors (Lipinski definition) is 12. The summed E-state index contributed by atoms with van der Waals surface area (Å²) in [6, 6.07) is 11.9. The van der Waals surface area contributed by atoms with Gasteiger partial charge in [-0.3, -0.25) is 24.3 Å². The predicted octanol–water partition coefficient (Wildman–Crippen LogP) is 4.45. The number of phenolic OH excluding ortho intramolecular Hbond substituents is 1. The van der Waals surface area contributed by atoms with Gasteiger partial charge in [0.15, 0.2) is 0 Å². The number of fused-ring (bicyclic) bond motifs is 1. The molecule has 2 saturated heterocycles. The molecule has 3 aliphatic heterocycles. The van der Waals surface area contributed by atoms with Crippen LogP contribution in [0.25, 0.3) is 10.2 Å². The number of aromatic nitrogens is 1. The Kier molecular flexibility index (Phi) is 14.6. The van der Waals surface area contributed by atoms with E-state index in [1.54, 1.807) is 34.5 Å². The lowest BCUT2D eigenvalue weighted by Gasteiger charge is -2.47. The zero-order valence-electron chi connectivity index (χ0n) is 31.6. The molecular weight excluding hydrogens is 745 g/mol. The van der Waals surface area contributed by atoms with Gasteiger partial charge in [0, 0.05) is 75.2 Å². The van der Waals surface area contributed by atoms with Crippen molar-refractivity contribution in [2.45, 2.75) is 62.6 Å². The number of carbonyl (C=O) groups is 2. The molecule has 54 heavy (non-hydrogen) atoms. The SMILES string of the molecule is CC(C)C1=NC(C(=O)N2CCOC3(CCN(Cc4cccc(SCCOCCC(=O)N(C)CCNCCc5ccc(O)c6[nH]c(=O)sc56)c4)CC3)C2)CS1. The molecule has 2 amide bonds. The highest BCUT2D eigenvalue weighted by Crippen LogP contribution is 2.33. The molecule has 294 valence electrons. The van der Waals surface area contributed by atoms with Gasteiger partial charge in [-0.2, -0.15) is 0 Å². The van der Waals surface area contributed by atoms with E-state index in [1.165, 1.54) is 10.5 Å². The normalized spacial score (nSPS) is 18.9. The Morgan fingerprint density at radius 3 is 2.81 bits per heavy atom. The van der Waals surface area contributed by atoms with Gasteiger partial charge in [-0.15, -0.1) is 23.5 Å². The number of ether oxygens (including phenoxy) is 2. The van der Waals surface area contributed by atoms with Gasteiger partial charge in [0.1, 0.15) is 17.3 Å². The minimum Gasteiger partial charge on any atom is -0.506 e. The van der Waals surface area contributed by atoms with Crippen LogP contribution >= 0.6 is 34.9 Å². The largest absolute Gasteiger partial charge is 0.506 e. The molecule has 2 aromatic carbocycles. The van der Waals surface area contributed by atoms with Crippen molar-refractivity contribution in [3.8, 4) is 5.75 Å². The summed E-state index contributed by atoms with van der Waals surface area (Å²) in [4.78, 5) is 52.3. The van der Waals surface area contributed by atoms with E-state index in [0.29, 0.717) is 76.8 Å². The number of hydrogen-bond donors (Lipinski definition) is 3. The van der Waals surface area contributed by atoms with E-state index in [-0.39, 0.29) is 34.1 Å². The molecule has 6 rings (SSSR count). The maximum Gasteiger partial charge on any atom is 0.305 e. The Hall–Kier alpha value is -2.92. The Morgan fingerprint density at radius 2 is 2.02 bits per heavy atom. The first-order valence-electron chi connectivity index (χ1n) is 19.0. The highest BCUT2D eigenvalue weighted by atomic mass is 32.2. The third-order valence-electron chi connectivity index (χ3n) is 10.3. The summed E-state index contributed by atoms with van der Waals surface area (Å²) in [5.41, 5.74) is 2.53. The fourth-order valence-electron chi connectivity index (χ4n) is 7.15. The number of phenols is 1. The van der Waals surface area contributed by atoms with Crippen LogP contribution in [0.3, 0.4) is 0 Å². The Bertz CT molecular complexity index is 1820. The molecule has 0 aliphatic carbocycles. The average molecular weight is 799 g/mol. The number of rotatable bonds is 17. The first-order chi connectivity index (χ1) is 26.1. The quantitative estimate of drug-likeness (QED) is 0.133. The van der Waals surface area contributed by atoms with Crippen LogP contribution in [-0.2, 0) is 32.0 Å². The molecule has 2 fully saturated rings. The number of aliphatic imine (C=N–C) groups is 1. The van der Waals surface area contributed by atoms with Gasteiger partial charge in [0.25, 0.3) is 0 Å². The number of nitrogens with one attached hydrogen (secondary N) is 2. The minimum absolute atomic E-state index is 0.0529. The van der Waals surface area contributed by atoms with Crippen LogP contribution in [0.4, 0.5) is 0 Å². The molecule has 1 unspecified atom stereocenters. The van der Waals surface area contributed by atoms with Gasteiger partial charge < -0.3 is 34.7 Å².